The molecule has 0 atom stereocenters. The van der Waals surface area contributed by atoms with Gasteiger partial charge in [0, 0.05) is 11.6 Å². The molecule has 14 heavy (non-hydrogen) atoms. The Balaban J connectivity index is 2.02. The molecule has 0 aliphatic heterocycles. The first kappa shape index (κ1) is 8.76. The average molecular weight is 186 g/mol. The molecule has 0 bridgehead atoms. The molecule has 3 heteroatoms. The summed E-state index contributed by atoms with van der Waals surface area (Å²) < 4.78 is 0. The first-order chi connectivity index (χ1) is 6.79. The highest BCUT2D eigenvalue weighted by Crippen LogP contribution is 2.30. The van der Waals surface area contributed by atoms with E-state index in [0.29, 0.717) is 5.56 Å². The molecule has 2 rings (SSSR count). The number of nitrogens with one attached hydrogen (secondary N) is 1. The molecule has 1 fully saturated rings. The quantitative estimate of drug-likeness (QED) is 0.767. The zero-order valence-electron chi connectivity index (χ0n) is 7.66. The minimum Gasteiger partial charge on any atom is -0.326 e. The normalized spacial score (nSPS) is 14.5. The van der Waals surface area contributed by atoms with Crippen molar-refractivity contribution in [3.63, 3.8) is 0 Å². The third-order valence-corrected chi connectivity index (χ3v) is 2.23. The number of rotatable bonds is 2. The Morgan fingerprint density at radius 2 is 2.00 bits per heavy atom. The third-order valence-electron chi connectivity index (χ3n) is 2.23. The number of hydrogen-bond acceptors (Lipinski definition) is 2. The molecule has 1 aromatic carbocycles. The first-order valence-corrected chi connectivity index (χ1v) is 4.60. The van der Waals surface area contributed by atoms with Crippen LogP contribution in [0.15, 0.2) is 24.3 Å². The summed E-state index contributed by atoms with van der Waals surface area (Å²) >= 11 is 0. The van der Waals surface area contributed by atoms with Gasteiger partial charge in [0.15, 0.2) is 0 Å². The number of anilines is 1. The van der Waals surface area contributed by atoms with Crippen LogP contribution in [0, 0.1) is 17.2 Å². The zero-order chi connectivity index (χ0) is 9.97. The molecule has 0 radical (unpaired) electrons. The third kappa shape index (κ3) is 1.91. The number of benzene rings is 1. The lowest BCUT2D eigenvalue weighted by molar-refractivity contribution is -0.117. The maximum Gasteiger partial charge on any atom is 0.227 e. The minimum absolute atomic E-state index is 0.0923. The van der Waals surface area contributed by atoms with Crippen LogP contribution >= 0.6 is 0 Å². The van der Waals surface area contributed by atoms with Crippen LogP contribution in [-0.4, -0.2) is 5.91 Å². The summed E-state index contributed by atoms with van der Waals surface area (Å²) in [5, 5.41) is 11.4. The summed E-state index contributed by atoms with van der Waals surface area (Å²) in [5.41, 5.74) is 1.37. The number of hydrogen-bond donors (Lipinski definition) is 1. The van der Waals surface area contributed by atoms with Crippen LogP contribution in [-0.2, 0) is 4.79 Å². The molecule has 0 heterocycles. The van der Waals surface area contributed by atoms with Gasteiger partial charge in [-0.3, -0.25) is 4.79 Å². The number of amides is 1. The van der Waals surface area contributed by atoms with Crippen LogP contribution in [0.5, 0.6) is 0 Å². The maximum absolute atomic E-state index is 11.4. The van der Waals surface area contributed by atoms with Gasteiger partial charge < -0.3 is 5.32 Å². The van der Waals surface area contributed by atoms with Gasteiger partial charge in [-0.15, -0.1) is 0 Å². The maximum atomic E-state index is 11.4. The fraction of sp³-hybridized carbons (Fsp3) is 0.273. The average Bonchev–Trinajstić information content (AvgIpc) is 3.02. The number of carbonyl (C=O) groups excluding carboxylic acids is 1. The van der Waals surface area contributed by atoms with Gasteiger partial charge in [-0.1, -0.05) is 0 Å². The second-order valence-electron chi connectivity index (χ2n) is 3.45. The minimum atomic E-state index is 0.0923. The van der Waals surface area contributed by atoms with E-state index in [4.69, 9.17) is 5.26 Å². The van der Waals surface area contributed by atoms with Crippen molar-refractivity contribution >= 4 is 11.6 Å². The Labute approximate surface area is 82.4 Å². The molecule has 3 nitrogen and oxygen atoms in total. The van der Waals surface area contributed by atoms with E-state index in [0.717, 1.165) is 18.5 Å². The van der Waals surface area contributed by atoms with Gasteiger partial charge in [0.25, 0.3) is 0 Å². The zero-order valence-corrected chi connectivity index (χ0v) is 7.66. The van der Waals surface area contributed by atoms with Crippen molar-refractivity contribution in [1.82, 2.24) is 0 Å². The molecule has 0 unspecified atom stereocenters. The van der Waals surface area contributed by atoms with Gasteiger partial charge in [-0.05, 0) is 37.1 Å². The van der Waals surface area contributed by atoms with E-state index in [-0.39, 0.29) is 11.8 Å². The summed E-state index contributed by atoms with van der Waals surface area (Å²) in [5.74, 6) is 0.306. The van der Waals surface area contributed by atoms with E-state index in [1.165, 1.54) is 0 Å². The van der Waals surface area contributed by atoms with Crippen LogP contribution in [0.3, 0.4) is 0 Å². The Kier molecular flexibility index (Phi) is 2.19. The van der Waals surface area contributed by atoms with Crippen molar-refractivity contribution in [2.24, 2.45) is 5.92 Å². The molecule has 70 valence electrons. The van der Waals surface area contributed by atoms with Crippen LogP contribution < -0.4 is 5.32 Å². The predicted molar refractivity (Wildman–Crippen MR) is 52.5 cm³/mol. The molecule has 0 aromatic heterocycles. The Hall–Kier alpha value is -1.82. The Morgan fingerprint density at radius 3 is 2.50 bits per heavy atom. The highest BCUT2D eigenvalue weighted by molar-refractivity contribution is 5.94. The molecule has 1 aliphatic carbocycles. The standard InChI is InChI=1S/C11H10N2O/c12-7-8-1-5-10(6-2-8)13-11(14)9-3-4-9/h1-2,5-6,9H,3-4H2,(H,13,14). The number of nitriles is 1. The van der Waals surface area contributed by atoms with Gasteiger partial charge >= 0.3 is 0 Å². The summed E-state index contributed by atoms with van der Waals surface area (Å²) in [6.45, 7) is 0. The highest BCUT2D eigenvalue weighted by atomic mass is 16.2. The fourth-order valence-corrected chi connectivity index (χ4v) is 1.22. The molecule has 1 amide bonds. The van der Waals surface area contributed by atoms with Crippen molar-refractivity contribution < 1.29 is 4.79 Å². The smallest absolute Gasteiger partial charge is 0.227 e. The lowest BCUT2D eigenvalue weighted by atomic mass is 10.2. The van der Waals surface area contributed by atoms with E-state index in [1.54, 1.807) is 24.3 Å². The molecular formula is C11H10N2O. The summed E-state index contributed by atoms with van der Waals surface area (Å²) in [6, 6.07) is 8.92. The highest BCUT2D eigenvalue weighted by Gasteiger charge is 2.29. The van der Waals surface area contributed by atoms with Crippen molar-refractivity contribution in [2.75, 3.05) is 5.32 Å². The van der Waals surface area contributed by atoms with Crippen molar-refractivity contribution in [3.8, 4) is 6.07 Å². The monoisotopic (exact) mass is 186 g/mol. The fourth-order valence-electron chi connectivity index (χ4n) is 1.22. The molecular weight excluding hydrogens is 176 g/mol. The summed E-state index contributed by atoms with van der Waals surface area (Å²) in [6.07, 6.45) is 2.00. The predicted octanol–water partition coefficient (Wildman–Crippen LogP) is 1.91. The second kappa shape index (κ2) is 3.51. The van der Waals surface area contributed by atoms with E-state index in [2.05, 4.69) is 5.32 Å². The molecule has 0 saturated heterocycles. The molecule has 0 spiro atoms. The van der Waals surface area contributed by atoms with Gasteiger partial charge in [0.05, 0.1) is 11.6 Å². The van der Waals surface area contributed by atoms with Crippen molar-refractivity contribution in [3.05, 3.63) is 29.8 Å². The van der Waals surface area contributed by atoms with Crippen molar-refractivity contribution in [1.29, 1.82) is 5.26 Å². The van der Waals surface area contributed by atoms with E-state index >= 15 is 0 Å². The Morgan fingerprint density at radius 1 is 1.36 bits per heavy atom. The van der Waals surface area contributed by atoms with Gasteiger partial charge in [0.1, 0.15) is 0 Å². The SMILES string of the molecule is N#Cc1ccc(NC(=O)C2CC2)cc1. The van der Waals surface area contributed by atoms with E-state index in [1.807, 2.05) is 6.07 Å². The van der Waals surface area contributed by atoms with E-state index in [9.17, 15) is 4.79 Å². The van der Waals surface area contributed by atoms with Crippen LogP contribution in [0.25, 0.3) is 0 Å². The lowest BCUT2D eigenvalue weighted by Gasteiger charge is -2.02. The first-order valence-electron chi connectivity index (χ1n) is 4.60. The number of nitrogens with zero attached hydrogens (tertiary/aromatic N) is 1. The Bertz CT molecular complexity index is 385. The summed E-state index contributed by atoms with van der Waals surface area (Å²) in [7, 11) is 0. The van der Waals surface area contributed by atoms with Crippen LogP contribution in [0.1, 0.15) is 18.4 Å². The van der Waals surface area contributed by atoms with Gasteiger partial charge in [-0.2, -0.15) is 5.26 Å². The second-order valence-corrected chi connectivity index (χ2v) is 3.45. The van der Waals surface area contributed by atoms with Gasteiger partial charge in [0.2, 0.25) is 5.91 Å². The lowest BCUT2D eigenvalue weighted by Crippen LogP contribution is -2.12. The summed E-state index contributed by atoms with van der Waals surface area (Å²) in [4.78, 5) is 11.4. The molecule has 1 N–H and O–H groups in total. The topological polar surface area (TPSA) is 52.9 Å². The van der Waals surface area contributed by atoms with Crippen LogP contribution in [0.4, 0.5) is 5.69 Å². The van der Waals surface area contributed by atoms with Crippen LogP contribution in [0.2, 0.25) is 0 Å². The number of carbonyl (C=O) groups is 1. The largest absolute Gasteiger partial charge is 0.326 e. The van der Waals surface area contributed by atoms with Gasteiger partial charge in [-0.25, -0.2) is 0 Å². The van der Waals surface area contributed by atoms with E-state index < -0.39 is 0 Å². The molecule has 1 saturated carbocycles. The molecule has 1 aromatic rings. The molecule has 1 aliphatic rings. The van der Waals surface area contributed by atoms with Crippen molar-refractivity contribution in [2.45, 2.75) is 12.8 Å².